The highest BCUT2D eigenvalue weighted by Crippen LogP contribution is 2.38. The first-order chi connectivity index (χ1) is 20.1. The van der Waals surface area contributed by atoms with E-state index in [1.165, 1.54) is 57.9 Å². The molecular weight excluding hydrogens is 636 g/mol. The smallest absolute Gasteiger partial charge is 0.289 e. The molecule has 0 atom stereocenters. The van der Waals surface area contributed by atoms with Crippen LogP contribution in [0.5, 0.6) is 23.0 Å². The molecule has 0 spiro atoms. The molecule has 3 aromatic rings. The van der Waals surface area contributed by atoms with Crippen LogP contribution in [0.2, 0.25) is 0 Å². The largest absolute Gasteiger partial charge is 0.497 e. The van der Waals surface area contributed by atoms with Crippen molar-refractivity contribution in [3.63, 3.8) is 0 Å². The highest BCUT2D eigenvalue weighted by molar-refractivity contribution is 9.10. The van der Waals surface area contributed by atoms with Crippen molar-refractivity contribution in [2.24, 2.45) is 5.10 Å². The Morgan fingerprint density at radius 2 is 1.81 bits per heavy atom. The number of carbonyl (C=O) groups excluding carboxylic acids is 1. The summed E-state index contributed by atoms with van der Waals surface area (Å²) in [6.45, 7) is 3.07. The van der Waals surface area contributed by atoms with Gasteiger partial charge in [0.2, 0.25) is 0 Å². The Labute approximate surface area is 250 Å². The molecule has 0 saturated heterocycles. The lowest BCUT2D eigenvalue weighted by atomic mass is 10.2. The SMILES string of the molecule is C=CCOc1c(Br)cc(/C=N/NC(=O)CN(c2ccc(OC)cc2OC)S(=O)(=O)c2ccccc2[N+](=O)[O-])cc1OC. The number of hydrazone groups is 1. The summed E-state index contributed by atoms with van der Waals surface area (Å²) in [6, 6.07) is 12.3. The molecule has 0 fully saturated rings. The fourth-order valence-electron chi connectivity index (χ4n) is 3.68. The standard InChI is InChI=1S/C27H27BrN4O9S/c1-5-12-41-27-20(28)13-18(14-24(27)40-4)16-29-30-26(33)17-31(21-11-10-19(38-2)15-23(21)39-3)42(36,37)25-9-7-6-8-22(25)32(34)35/h5-11,13-16H,1,12,17H2,2-4H3,(H,30,33)/b29-16+. The lowest BCUT2D eigenvalue weighted by molar-refractivity contribution is -0.387. The number of halogens is 1. The van der Waals surface area contributed by atoms with Crippen LogP contribution < -0.4 is 28.7 Å². The van der Waals surface area contributed by atoms with Gasteiger partial charge in [0.05, 0.1) is 42.6 Å². The summed E-state index contributed by atoms with van der Waals surface area (Å²) in [5.74, 6) is 0.400. The number of hydrogen-bond donors (Lipinski definition) is 1. The number of benzene rings is 3. The number of nitro benzene ring substituents is 1. The number of nitrogens with zero attached hydrogens (tertiary/aromatic N) is 3. The maximum absolute atomic E-state index is 13.8. The van der Waals surface area contributed by atoms with E-state index in [1.807, 2.05) is 0 Å². The predicted octanol–water partition coefficient (Wildman–Crippen LogP) is 4.29. The molecule has 0 aliphatic rings. The fourth-order valence-corrected chi connectivity index (χ4v) is 5.84. The summed E-state index contributed by atoms with van der Waals surface area (Å²) < 4.78 is 50.3. The van der Waals surface area contributed by atoms with E-state index in [-0.39, 0.29) is 18.0 Å². The van der Waals surface area contributed by atoms with Crippen LogP contribution in [0.4, 0.5) is 11.4 Å². The van der Waals surface area contributed by atoms with Crippen molar-refractivity contribution in [3.05, 3.63) is 87.4 Å². The summed E-state index contributed by atoms with van der Waals surface area (Å²) in [6.07, 6.45) is 2.90. The van der Waals surface area contributed by atoms with Gasteiger partial charge < -0.3 is 18.9 Å². The van der Waals surface area contributed by atoms with E-state index in [9.17, 15) is 23.3 Å². The Morgan fingerprint density at radius 1 is 1.10 bits per heavy atom. The summed E-state index contributed by atoms with van der Waals surface area (Å²) in [5.41, 5.74) is 2.09. The average Bonchev–Trinajstić information content (AvgIpc) is 2.98. The average molecular weight is 664 g/mol. The normalized spacial score (nSPS) is 11.0. The molecule has 0 unspecified atom stereocenters. The van der Waals surface area contributed by atoms with Gasteiger partial charge in [0.25, 0.3) is 21.6 Å². The third-order valence-electron chi connectivity index (χ3n) is 5.57. The van der Waals surface area contributed by atoms with Gasteiger partial charge in [0.1, 0.15) is 24.7 Å². The number of sulfonamides is 1. The molecule has 3 rings (SSSR count). The molecule has 3 aromatic carbocycles. The molecule has 0 saturated carbocycles. The molecule has 13 nitrogen and oxygen atoms in total. The van der Waals surface area contributed by atoms with Crippen molar-refractivity contribution < 1.29 is 37.1 Å². The quantitative estimate of drug-likeness (QED) is 0.115. The highest BCUT2D eigenvalue weighted by Gasteiger charge is 2.34. The lowest BCUT2D eigenvalue weighted by Crippen LogP contribution is -2.40. The van der Waals surface area contributed by atoms with Crippen LogP contribution in [-0.2, 0) is 14.8 Å². The molecule has 15 heteroatoms. The predicted molar refractivity (Wildman–Crippen MR) is 159 cm³/mol. The zero-order valence-corrected chi connectivity index (χ0v) is 25.2. The zero-order valence-electron chi connectivity index (χ0n) is 22.8. The number of amides is 1. The number of nitro groups is 1. The van der Waals surface area contributed by atoms with E-state index >= 15 is 0 Å². The summed E-state index contributed by atoms with van der Waals surface area (Å²) in [5, 5.41) is 15.6. The van der Waals surface area contributed by atoms with E-state index in [4.69, 9.17) is 18.9 Å². The number of anilines is 1. The second-order valence-corrected chi connectivity index (χ2v) is 10.9. The van der Waals surface area contributed by atoms with E-state index < -0.39 is 38.0 Å². The minimum atomic E-state index is -4.67. The van der Waals surface area contributed by atoms with Crippen molar-refractivity contribution >= 4 is 49.4 Å². The van der Waals surface area contributed by atoms with E-state index in [0.29, 0.717) is 31.6 Å². The van der Waals surface area contributed by atoms with Crippen LogP contribution in [0.1, 0.15) is 5.56 Å². The van der Waals surface area contributed by atoms with Crippen LogP contribution >= 0.6 is 15.9 Å². The second kappa shape index (κ2) is 14.3. The van der Waals surface area contributed by atoms with Crippen LogP contribution in [-0.4, -0.2) is 59.9 Å². The van der Waals surface area contributed by atoms with Crippen LogP contribution in [0.3, 0.4) is 0 Å². The number of hydrogen-bond acceptors (Lipinski definition) is 10. The Balaban J connectivity index is 1.96. The van der Waals surface area contributed by atoms with Gasteiger partial charge in [-0.2, -0.15) is 5.10 Å². The Hall–Kier alpha value is -4.63. The van der Waals surface area contributed by atoms with E-state index in [0.717, 1.165) is 12.1 Å². The van der Waals surface area contributed by atoms with Gasteiger partial charge in [-0.05, 0) is 51.8 Å². The van der Waals surface area contributed by atoms with Crippen molar-refractivity contribution in [3.8, 4) is 23.0 Å². The monoisotopic (exact) mass is 662 g/mol. The van der Waals surface area contributed by atoms with E-state index in [2.05, 4.69) is 33.0 Å². The number of para-hydroxylation sites is 1. The molecular formula is C27H27BrN4O9S. The number of nitrogens with one attached hydrogen (secondary N) is 1. The first kappa shape index (κ1) is 31.9. The van der Waals surface area contributed by atoms with Gasteiger partial charge in [-0.3, -0.25) is 19.2 Å². The third kappa shape index (κ3) is 7.36. The van der Waals surface area contributed by atoms with Gasteiger partial charge >= 0.3 is 0 Å². The van der Waals surface area contributed by atoms with Crippen molar-refractivity contribution in [2.45, 2.75) is 4.90 Å². The maximum Gasteiger partial charge on any atom is 0.289 e. The molecule has 42 heavy (non-hydrogen) atoms. The lowest BCUT2D eigenvalue weighted by Gasteiger charge is -2.25. The van der Waals surface area contributed by atoms with Gasteiger partial charge in [0, 0.05) is 12.1 Å². The molecule has 0 aliphatic heterocycles. The minimum Gasteiger partial charge on any atom is -0.497 e. The van der Waals surface area contributed by atoms with Crippen LogP contribution in [0, 0.1) is 10.1 Å². The van der Waals surface area contributed by atoms with Crippen LogP contribution in [0.15, 0.2) is 81.7 Å². The van der Waals surface area contributed by atoms with Gasteiger partial charge in [0.15, 0.2) is 16.4 Å². The van der Waals surface area contributed by atoms with E-state index in [1.54, 1.807) is 18.2 Å². The third-order valence-corrected chi connectivity index (χ3v) is 7.97. The maximum atomic E-state index is 13.8. The van der Waals surface area contributed by atoms with Gasteiger partial charge in [-0.15, -0.1) is 0 Å². The number of rotatable bonds is 14. The van der Waals surface area contributed by atoms with Crippen molar-refractivity contribution in [2.75, 3.05) is 38.8 Å². The molecule has 0 aliphatic carbocycles. The van der Waals surface area contributed by atoms with Crippen molar-refractivity contribution in [1.82, 2.24) is 5.43 Å². The Kier molecular flexibility index (Phi) is 10.9. The molecule has 222 valence electrons. The highest BCUT2D eigenvalue weighted by atomic mass is 79.9. The van der Waals surface area contributed by atoms with Gasteiger partial charge in [-0.25, -0.2) is 13.8 Å². The summed E-state index contributed by atoms with van der Waals surface area (Å²) >= 11 is 3.40. The summed E-state index contributed by atoms with van der Waals surface area (Å²) in [4.78, 5) is 23.2. The second-order valence-electron chi connectivity index (χ2n) is 8.20. The molecule has 0 bridgehead atoms. The first-order valence-corrected chi connectivity index (χ1v) is 14.2. The minimum absolute atomic E-state index is 0.0449. The molecule has 1 N–H and O–H groups in total. The molecule has 0 heterocycles. The number of carbonyl (C=O) groups is 1. The number of methoxy groups -OCH3 is 3. The fraction of sp³-hybridized carbons (Fsp3) is 0.185. The Morgan fingerprint density at radius 3 is 2.45 bits per heavy atom. The summed E-state index contributed by atoms with van der Waals surface area (Å²) in [7, 11) is -0.485. The number of ether oxygens (including phenoxy) is 4. The zero-order chi connectivity index (χ0) is 30.9. The molecule has 0 aromatic heterocycles. The van der Waals surface area contributed by atoms with Crippen molar-refractivity contribution in [1.29, 1.82) is 0 Å². The van der Waals surface area contributed by atoms with Gasteiger partial charge in [-0.1, -0.05) is 24.8 Å². The molecule has 1 amide bonds. The van der Waals surface area contributed by atoms with Crippen LogP contribution in [0.25, 0.3) is 0 Å². The topological polar surface area (TPSA) is 159 Å². The first-order valence-electron chi connectivity index (χ1n) is 12.0. The molecule has 0 radical (unpaired) electrons. The Bertz CT molecular complexity index is 1610.